The number of hydrogen-bond donors (Lipinski definition) is 2. The summed E-state index contributed by atoms with van der Waals surface area (Å²) in [6, 6.07) is 6.40. The molecule has 0 amide bonds. The van der Waals surface area contributed by atoms with E-state index in [0.29, 0.717) is 23.5 Å². The third-order valence-corrected chi connectivity index (χ3v) is 3.92. The van der Waals surface area contributed by atoms with Crippen LogP contribution < -0.4 is 10.9 Å². The Balaban J connectivity index is 1.85. The van der Waals surface area contributed by atoms with Crippen molar-refractivity contribution >= 4 is 17.0 Å². The molecule has 3 rings (SSSR count). The Hall–Kier alpha value is -2.74. The molecule has 0 saturated heterocycles. The Kier molecular flexibility index (Phi) is 4.30. The smallest absolute Gasteiger partial charge is 0.263 e. The van der Waals surface area contributed by atoms with Crippen molar-refractivity contribution < 1.29 is 4.39 Å². The number of halogens is 1. The fourth-order valence-electron chi connectivity index (χ4n) is 2.62. The van der Waals surface area contributed by atoms with E-state index in [-0.39, 0.29) is 17.4 Å². The van der Waals surface area contributed by atoms with Crippen LogP contribution in [-0.4, -0.2) is 45.3 Å². The SMILES string of the molecule is CN(C)C(CNc1nc2c(cnn2C)c(=O)[nH]1)c1cccc(F)c1. The lowest BCUT2D eigenvalue weighted by Crippen LogP contribution is -2.28. The highest BCUT2D eigenvalue weighted by molar-refractivity contribution is 5.74. The lowest BCUT2D eigenvalue weighted by Gasteiger charge is -2.25. The molecule has 1 unspecified atom stereocenters. The molecule has 0 aliphatic rings. The number of anilines is 1. The molecule has 0 aliphatic heterocycles. The number of fused-ring (bicyclic) bond motifs is 1. The number of hydrogen-bond acceptors (Lipinski definition) is 5. The number of aromatic nitrogens is 4. The second-order valence-electron chi connectivity index (χ2n) is 5.84. The van der Waals surface area contributed by atoms with E-state index >= 15 is 0 Å². The van der Waals surface area contributed by atoms with Crippen LogP contribution in [0.1, 0.15) is 11.6 Å². The molecule has 0 spiro atoms. The lowest BCUT2D eigenvalue weighted by atomic mass is 10.1. The maximum absolute atomic E-state index is 13.5. The monoisotopic (exact) mass is 330 g/mol. The molecule has 3 aromatic rings. The zero-order valence-corrected chi connectivity index (χ0v) is 13.7. The Morgan fingerprint density at radius 2 is 2.21 bits per heavy atom. The molecule has 0 bridgehead atoms. The van der Waals surface area contributed by atoms with Gasteiger partial charge in [-0.1, -0.05) is 12.1 Å². The highest BCUT2D eigenvalue weighted by Gasteiger charge is 2.16. The average molecular weight is 330 g/mol. The zero-order valence-electron chi connectivity index (χ0n) is 13.7. The molecule has 1 aromatic carbocycles. The third kappa shape index (κ3) is 3.13. The standard InChI is InChI=1S/C16H19FN6O/c1-22(2)13(10-5-4-6-11(17)7-10)9-18-16-20-14-12(15(24)21-16)8-19-23(14)3/h4-8,13H,9H2,1-3H3,(H2,18,20,21,24). The maximum atomic E-state index is 13.5. The highest BCUT2D eigenvalue weighted by Crippen LogP contribution is 2.19. The minimum Gasteiger partial charge on any atom is -0.354 e. The van der Waals surface area contributed by atoms with Gasteiger partial charge in [-0.3, -0.25) is 14.5 Å². The molecule has 0 radical (unpaired) electrons. The minimum absolute atomic E-state index is 0.0757. The minimum atomic E-state index is -0.276. The second kappa shape index (κ2) is 6.40. The van der Waals surface area contributed by atoms with Gasteiger partial charge in [0, 0.05) is 13.6 Å². The van der Waals surface area contributed by atoms with Crippen LogP contribution in [0.5, 0.6) is 0 Å². The lowest BCUT2D eigenvalue weighted by molar-refractivity contribution is 0.310. The first-order valence-corrected chi connectivity index (χ1v) is 7.53. The summed E-state index contributed by atoms with van der Waals surface area (Å²) in [7, 11) is 5.56. The van der Waals surface area contributed by atoms with Gasteiger partial charge in [0.25, 0.3) is 5.56 Å². The predicted octanol–water partition coefficient (Wildman–Crippen LogP) is 1.51. The molecule has 0 saturated carbocycles. The predicted molar refractivity (Wildman–Crippen MR) is 90.4 cm³/mol. The first kappa shape index (κ1) is 16.1. The van der Waals surface area contributed by atoms with Crippen LogP contribution in [0.4, 0.5) is 10.3 Å². The number of benzene rings is 1. The van der Waals surface area contributed by atoms with Gasteiger partial charge in [0.2, 0.25) is 5.95 Å². The fourth-order valence-corrected chi connectivity index (χ4v) is 2.62. The fraction of sp³-hybridized carbons (Fsp3) is 0.312. The molecule has 2 N–H and O–H groups in total. The highest BCUT2D eigenvalue weighted by atomic mass is 19.1. The number of nitrogens with zero attached hydrogens (tertiary/aromatic N) is 4. The van der Waals surface area contributed by atoms with E-state index in [0.717, 1.165) is 5.56 Å². The van der Waals surface area contributed by atoms with Gasteiger partial charge in [-0.05, 0) is 31.8 Å². The first-order valence-electron chi connectivity index (χ1n) is 7.53. The number of rotatable bonds is 5. The van der Waals surface area contributed by atoms with Gasteiger partial charge in [-0.15, -0.1) is 0 Å². The largest absolute Gasteiger partial charge is 0.354 e. The van der Waals surface area contributed by atoms with Crippen LogP contribution in [0.3, 0.4) is 0 Å². The number of aryl methyl sites for hydroxylation is 1. The molecule has 7 nitrogen and oxygen atoms in total. The molecule has 126 valence electrons. The van der Waals surface area contributed by atoms with Crippen LogP contribution in [0.15, 0.2) is 35.3 Å². The molecule has 0 fully saturated rings. The van der Waals surface area contributed by atoms with Crippen molar-refractivity contribution in [3.63, 3.8) is 0 Å². The Labute approximate surface area is 138 Å². The van der Waals surface area contributed by atoms with Crippen molar-refractivity contribution in [2.24, 2.45) is 7.05 Å². The summed E-state index contributed by atoms with van der Waals surface area (Å²) < 4.78 is 15.0. The average Bonchev–Trinajstić information content (AvgIpc) is 2.89. The number of likely N-dealkylation sites (N-methyl/N-ethyl adjacent to an activating group) is 1. The van der Waals surface area contributed by atoms with Gasteiger partial charge >= 0.3 is 0 Å². The van der Waals surface area contributed by atoms with Crippen LogP contribution in [0, 0.1) is 5.82 Å². The van der Waals surface area contributed by atoms with Crippen molar-refractivity contribution in [1.82, 2.24) is 24.6 Å². The van der Waals surface area contributed by atoms with Crippen LogP contribution in [0.2, 0.25) is 0 Å². The van der Waals surface area contributed by atoms with Crippen molar-refractivity contribution in [1.29, 1.82) is 0 Å². The van der Waals surface area contributed by atoms with Gasteiger partial charge in [-0.25, -0.2) is 4.39 Å². The van der Waals surface area contributed by atoms with E-state index in [1.54, 1.807) is 17.8 Å². The Bertz CT molecular complexity index is 916. The summed E-state index contributed by atoms with van der Waals surface area (Å²) in [5, 5.41) is 7.60. The number of nitrogens with one attached hydrogen (secondary N) is 2. The molecule has 2 aromatic heterocycles. The van der Waals surface area contributed by atoms with Crippen LogP contribution in [-0.2, 0) is 7.05 Å². The molecular weight excluding hydrogens is 311 g/mol. The van der Waals surface area contributed by atoms with Crippen molar-refractivity contribution in [2.45, 2.75) is 6.04 Å². The van der Waals surface area contributed by atoms with E-state index in [1.165, 1.54) is 18.3 Å². The number of aromatic amines is 1. The number of H-pyrrole nitrogens is 1. The molecule has 2 heterocycles. The van der Waals surface area contributed by atoms with Gasteiger partial charge in [0.05, 0.1) is 12.2 Å². The molecular formula is C16H19FN6O. The summed E-state index contributed by atoms with van der Waals surface area (Å²) in [6.45, 7) is 0.461. The summed E-state index contributed by atoms with van der Waals surface area (Å²) in [4.78, 5) is 21.1. The molecule has 1 atom stereocenters. The summed E-state index contributed by atoms with van der Waals surface area (Å²) in [5.74, 6) is 0.0848. The summed E-state index contributed by atoms with van der Waals surface area (Å²) in [5.41, 5.74) is 1.10. The zero-order chi connectivity index (χ0) is 17.3. The third-order valence-electron chi connectivity index (χ3n) is 3.92. The van der Waals surface area contributed by atoms with Crippen LogP contribution in [0.25, 0.3) is 11.0 Å². The van der Waals surface area contributed by atoms with E-state index in [9.17, 15) is 9.18 Å². The van der Waals surface area contributed by atoms with Crippen molar-refractivity contribution in [3.05, 3.63) is 52.2 Å². The summed E-state index contributed by atoms with van der Waals surface area (Å²) >= 11 is 0. The Morgan fingerprint density at radius 1 is 1.42 bits per heavy atom. The van der Waals surface area contributed by atoms with E-state index in [4.69, 9.17) is 0 Å². The van der Waals surface area contributed by atoms with Crippen LogP contribution >= 0.6 is 0 Å². The first-order chi connectivity index (χ1) is 11.5. The van der Waals surface area contributed by atoms with Crippen molar-refractivity contribution in [2.75, 3.05) is 26.0 Å². The van der Waals surface area contributed by atoms with Gasteiger partial charge < -0.3 is 10.2 Å². The van der Waals surface area contributed by atoms with E-state index < -0.39 is 0 Å². The van der Waals surface area contributed by atoms with E-state index in [1.807, 2.05) is 25.1 Å². The van der Waals surface area contributed by atoms with Gasteiger partial charge in [-0.2, -0.15) is 10.1 Å². The topological polar surface area (TPSA) is 78.8 Å². The maximum Gasteiger partial charge on any atom is 0.263 e. The molecule has 24 heavy (non-hydrogen) atoms. The van der Waals surface area contributed by atoms with Gasteiger partial charge in [0.15, 0.2) is 5.65 Å². The van der Waals surface area contributed by atoms with Gasteiger partial charge in [0.1, 0.15) is 11.2 Å². The molecule has 8 heteroatoms. The Morgan fingerprint density at radius 3 is 2.92 bits per heavy atom. The normalized spacial score (nSPS) is 12.7. The van der Waals surface area contributed by atoms with E-state index in [2.05, 4.69) is 20.4 Å². The van der Waals surface area contributed by atoms with Crippen molar-refractivity contribution in [3.8, 4) is 0 Å². The second-order valence-corrected chi connectivity index (χ2v) is 5.84. The molecule has 0 aliphatic carbocycles. The quantitative estimate of drug-likeness (QED) is 0.741. The summed E-state index contributed by atoms with van der Waals surface area (Å²) in [6.07, 6.45) is 1.49.